The zero-order valence-corrected chi connectivity index (χ0v) is 8.11. The van der Waals surface area contributed by atoms with Gasteiger partial charge in [-0.3, -0.25) is 4.79 Å². The molecule has 0 atom stereocenters. The van der Waals surface area contributed by atoms with Crippen LogP contribution in [0.15, 0.2) is 11.2 Å². The first kappa shape index (κ1) is 10.0. The van der Waals surface area contributed by atoms with Crippen molar-refractivity contribution in [1.29, 1.82) is 0 Å². The molecule has 13 heavy (non-hydrogen) atoms. The largest absolute Gasteiger partial charge is 0.481 e. The van der Waals surface area contributed by atoms with Gasteiger partial charge in [-0.05, 0) is 0 Å². The number of aromatic nitrogens is 2. The molecular formula is C6H7N3O2S2. The van der Waals surface area contributed by atoms with Gasteiger partial charge in [0.05, 0.1) is 17.0 Å². The van der Waals surface area contributed by atoms with E-state index in [0.717, 1.165) is 11.8 Å². The van der Waals surface area contributed by atoms with Gasteiger partial charge in [-0.2, -0.15) is 0 Å². The summed E-state index contributed by atoms with van der Waals surface area (Å²) in [6.07, 6.45) is 1.46. The monoisotopic (exact) mass is 217 g/mol. The Hall–Kier alpha value is -1.08. The maximum Gasteiger partial charge on any atom is 0.313 e. The van der Waals surface area contributed by atoms with E-state index in [1.807, 2.05) is 0 Å². The molecule has 0 unspecified atom stereocenters. The average molecular weight is 217 g/mol. The van der Waals surface area contributed by atoms with E-state index in [-0.39, 0.29) is 11.6 Å². The quantitative estimate of drug-likeness (QED) is 0.514. The summed E-state index contributed by atoms with van der Waals surface area (Å²) in [4.78, 5) is 16.8. The van der Waals surface area contributed by atoms with E-state index in [9.17, 15) is 4.79 Å². The third-order valence-corrected chi connectivity index (χ3v) is 2.36. The van der Waals surface area contributed by atoms with Crippen molar-refractivity contribution in [2.24, 2.45) is 0 Å². The van der Waals surface area contributed by atoms with Crippen LogP contribution in [-0.4, -0.2) is 26.8 Å². The van der Waals surface area contributed by atoms with Crippen LogP contribution in [0.3, 0.4) is 0 Å². The van der Waals surface area contributed by atoms with E-state index < -0.39 is 5.97 Å². The number of nitrogens with two attached hydrogens (primary N) is 1. The number of hydrogen-bond acceptors (Lipinski definition) is 5. The molecular weight excluding hydrogens is 210 g/mol. The van der Waals surface area contributed by atoms with Crippen LogP contribution in [0.2, 0.25) is 0 Å². The lowest BCUT2D eigenvalue weighted by molar-refractivity contribution is -0.133. The highest BCUT2D eigenvalue weighted by atomic mass is 32.2. The lowest BCUT2D eigenvalue weighted by Gasteiger charge is -1.98. The topological polar surface area (TPSA) is 92.0 Å². The summed E-state index contributed by atoms with van der Waals surface area (Å²) < 4.78 is 0.329. The first-order valence-electron chi connectivity index (χ1n) is 3.29. The number of thioether (sulfide) groups is 1. The number of aromatic amines is 1. The second-order valence-corrected chi connectivity index (χ2v) is 3.57. The number of nitrogens with zero attached hydrogens (tertiary/aromatic N) is 1. The maximum atomic E-state index is 10.2. The highest BCUT2D eigenvalue weighted by molar-refractivity contribution is 7.99. The molecule has 0 amide bonds. The van der Waals surface area contributed by atoms with Crippen molar-refractivity contribution in [2.75, 3.05) is 11.5 Å². The normalized spacial score (nSPS) is 9.85. The van der Waals surface area contributed by atoms with Crippen molar-refractivity contribution in [1.82, 2.24) is 9.97 Å². The van der Waals surface area contributed by atoms with Gasteiger partial charge in [0.2, 0.25) is 0 Å². The van der Waals surface area contributed by atoms with Crippen molar-refractivity contribution in [2.45, 2.75) is 5.03 Å². The Morgan fingerprint density at radius 1 is 1.85 bits per heavy atom. The van der Waals surface area contributed by atoms with Crippen molar-refractivity contribution < 1.29 is 9.90 Å². The molecule has 1 rings (SSSR count). The van der Waals surface area contributed by atoms with Gasteiger partial charge in [-0.25, -0.2) is 4.98 Å². The van der Waals surface area contributed by atoms with Gasteiger partial charge in [0.15, 0.2) is 5.82 Å². The smallest absolute Gasteiger partial charge is 0.313 e. The van der Waals surface area contributed by atoms with Gasteiger partial charge in [-0.1, -0.05) is 24.0 Å². The molecule has 0 fully saturated rings. The first-order valence-corrected chi connectivity index (χ1v) is 4.68. The van der Waals surface area contributed by atoms with Gasteiger partial charge in [0.1, 0.15) is 4.64 Å². The number of aliphatic carboxylic acids is 1. The third-order valence-electron chi connectivity index (χ3n) is 1.14. The molecule has 1 aromatic heterocycles. The lowest BCUT2D eigenvalue weighted by Crippen LogP contribution is -1.99. The van der Waals surface area contributed by atoms with Crippen LogP contribution in [0.5, 0.6) is 0 Å². The van der Waals surface area contributed by atoms with Crippen LogP contribution in [-0.2, 0) is 4.79 Å². The van der Waals surface area contributed by atoms with E-state index in [1.54, 1.807) is 0 Å². The minimum atomic E-state index is -0.888. The molecule has 70 valence electrons. The Kier molecular flexibility index (Phi) is 3.26. The molecule has 0 saturated heterocycles. The van der Waals surface area contributed by atoms with Crippen LogP contribution in [0.1, 0.15) is 0 Å². The summed E-state index contributed by atoms with van der Waals surface area (Å²) in [5.41, 5.74) is 5.37. The molecule has 5 nitrogen and oxygen atoms in total. The van der Waals surface area contributed by atoms with Gasteiger partial charge in [0, 0.05) is 0 Å². The van der Waals surface area contributed by atoms with Crippen LogP contribution in [0.4, 0.5) is 5.82 Å². The molecule has 7 heteroatoms. The fourth-order valence-electron chi connectivity index (χ4n) is 0.608. The molecule has 0 aromatic carbocycles. The number of carboxylic acid groups (broad SMARTS) is 1. The minimum Gasteiger partial charge on any atom is -0.481 e. The van der Waals surface area contributed by atoms with E-state index >= 15 is 0 Å². The highest BCUT2D eigenvalue weighted by Crippen LogP contribution is 2.14. The number of carbonyl (C=O) groups is 1. The van der Waals surface area contributed by atoms with E-state index in [2.05, 4.69) is 9.97 Å². The van der Waals surface area contributed by atoms with Gasteiger partial charge >= 0.3 is 5.97 Å². The summed E-state index contributed by atoms with van der Waals surface area (Å²) in [7, 11) is 0. The molecule has 0 saturated carbocycles. The molecule has 0 spiro atoms. The molecule has 0 bridgehead atoms. The Morgan fingerprint density at radius 3 is 3.08 bits per heavy atom. The van der Waals surface area contributed by atoms with Crippen LogP contribution >= 0.6 is 24.0 Å². The Bertz CT molecular complexity index is 376. The maximum absolute atomic E-state index is 10.2. The summed E-state index contributed by atoms with van der Waals surface area (Å²) >= 11 is 5.93. The second kappa shape index (κ2) is 4.24. The number of rotatable bonds is 3. The van der Waals surface area contributed by atoms with Crippen molar-refractivity contribution >= 4 is 35.8 Å². The number of nitrogens with one attached hydrogen (secondary N) is 1. The van der Waals surface area contributed by atoms with Crippen molar-refractivity contribution in [3.05, 3.63) is 10.8 Å². The van der Waals surface area contributed by atoms with Crippen molar-refractivity contribution in [3.63, 3.8) is 0 Å². The minimum absolute atomic E-state index is 0.0309. The van der Waals surface area contributed by atoms with E-state index in [0.29, 0.717) is 9.67 Å². The van der Waals surface area contributed by atoms with Crippen LogP contribution in [0.25, 0.3) is 0 Å². The summed E-state index contributed by atoms with van der Waals surface area (Å²) in [5, 5.41) is 8.99. The third kappa shape index (κ3) is 3.03. The predicted molar refractivity (Wildman–Crippen MR) is 52.2 cm³/mol. The van der Waals surface area contributed by atoms with Crippen LogP contribution < -0.4 is 5.73 Å². The van der Waals surface area contributed by atoms with Crippen LogP contribution in [0, 0.1) is 4.64 Å². The Balaban J connectivity index is 2.74. The Morgan fingerprint density at radius 2 is 2.54 bits per heavy atom. The molecule has 0 aliphatic carbocycles. The zero-order chi connectivity index (χ0) is 9.84. The number of hydrogen-bond donors (Lipinski definition) is 3. The lowest BCUT2D eigenvalue weighted by atomic mass is 10.7. The fraction of sp³-hybridized carbons (Fsp3) is 0.167. The molecule has 0 aliphatic heterocycles. The highest BCUT2D eigenvalue weighted by Gasteiger charge is 2.00. The van der Waals surface area contributed by atoms with E-state index in [4.69, 9.17) is 23.1 Å². The zero-order valence-electron chi connectivity index (χ0n) is 6.48. The average Bonchev–Trinajstić information content (AvgIpc) is 2.07. The molecule has 0 aliphatic rings. The number of nitrogen functional groups attached to an aromatic ring is 1. The second-order valence-electron chi connectivity index (χ2n) is 2.14. The standard InChI is InChI=1S/C6H7N3O2S2/c7-5-6(12)9-3(1-8-5)13-2-4(10)11/h1H,2H2,(H2,7,8)(H,9,12)(H,10,11). The van der Waals surface area contributed by atoms with E-state index in [1.165, 1.54) is 6.20 Å². The van der Waals surface area contributed by atoms with Crippen molar-refractivity contribution in [3.8, 4) is 0 Å². The number of anilines is 1. The summed E-state index contributed by atoms with van der Waals surface area (Å²) in [6.45, 7) is 0. The first-order chi connectivity index (χ1) is 6.09. The summed E-state index contributed by atoms with van der Waals surface area (Å²) in [6, 6.07) is 0. The van der Waals surface area contributed by atoms with Gasteiger partial charge in [0.25, 0.3) is 0 Å². The molecule has 4 N–H and O–H groups in total. The summed E-state index contributed by atoms with van der Waals surface area (Å²) in [5.74, 6) is -0.674. The molecule has 1 heterocycles. The SMILES string of the molecule is Nc1ncc(SCC(=O)O)[nH]c1=S. The van der Waals surface area contributed by atoms with Gasteiger partial charge < -0.3 is 15.8 Å². The molecule has 1 aromatic rings. The number of carboxylic acids is 1. The molecule has 0 radical (unpaired) electrons. The predicted octanol–water partition coefficient (Wildman–Crippen LogP) is 0.898. The fourth-order valence-corrected chi connectivity index (χ4v) is 1.42. The number of H-pyrrole nitrogens is 1. The Labute approximate surface area is 83.4 Å². The van der Waals surface area contributed by atoms with Gasteiger partial charge in [-0.15, -0.1) is 0 Å².